The van der Waals surface area contributed by atoms with E-state index in [1.54, 1.807) is 16.8 Å². The lowest BCUT2D eigenvalue weighted by molar-refractivity contribution is 1.10. The number of anilines is 2. The van der Waals surface area contributed by atoms with Gasteiger partial charge in [-0.3, -0.25) is 14.2 Å². The van der Waals surface area contributed by atoms with Crippen molar-refractivity contribution in [1.82, 2.24) is 14.4 Å². The molecule has 0 fully saturated rings. The topological polar surface area (TPSA) is 74.2 Å². The lowest BCUT2D eigenvalue weighted by Gasteiger charge is -2.00. The lowest BCUT2D eigenvalue weighted by atomic mass is 10.5. The molecule has 3 rings (SSSR count). The lowest BCUT2D eigenvalue weighted by Crippen LogP contribution is -2.11. The predicted octanol–water partition coefficient (Wildman–Crippen LogP) is -0.183. The van der Waals surface area contributed by atoms with E-state index in [-0.39, 0.29) is 5.56 Å². The molecule has 6 heteroatoms. The fraction of sp³-hybridized carbons (Fsp3) is 0.143. The normalized spacial score (nSPS) is 13.8. The summed E-state index contributed by atoms with van der Waals surface area (Å²) in [6.07, 6.45) is 3.44. The maximum atomic E-state index is 11.4. The van der Waals surface area contributed by atoms with Gasteiger partial charge in [0.25, 0.3) is 5.56 Å². The highest BCUT2D eigenvalue weighted by molar-refractivity contribution is 5.70. The summed E-state index contributed by atoms with van der Waals surface area (Å²) in [5.41, 5.74) is 0.434. The number of rotatable bonds is 0. The minimum atomic E-state index is -0.140. The first-order valence-electron chi connectivity index (χ1n) is 3.93. The highest BCUT2D eigenvalue weighted by Gasteiger charge is 2.16. The number of aromatic nitrogens is 3. The van der Waals surface area contributed by atoms with Crippen LogP contribution in [0.15, 0.2) is 17.2 Å². The Morgan fingerprint density at radius 3 is 3.31 bits per heavy atom. The van der Waals surface area contributed by atoms with Gasteiger partial charge in [0, 0.05) is 12.4 Å². The van der Waals surface area contributed by atoms with Crippen LogP contribution in [-0.2, 0) is 0 Å². The highest BCUT2D eigenvalue weighted by Crippen LogP contribution is 2.20. The van der Waals surface area contributed by atoms with Crippen LogP contribution in [0.2, 0.25) is 0 Å². The minimum Gasteiger partial charge on any atom is -0.360 e. The van der Waals surface area contributed by atoms with E-state index in [1.807, 2.05) is 0 Å². The van der Waals surface area contributed by atoms with Crippen molar-refractivity contribution in [2.45, 2.75) is 0 Å². The Balaban J connectivity index is 2.55. The first-order valence-corrected chi connectivity index (χ1v) is 3.93. The molecule has 0 aliphatic carbocycles. The number of aromatic amines is 1. The average Bonchev–Trinajstić information content (AvgIpc) is 2.66. The first kappa shape index (κ1) is 6.53. The van der Waals surface area contributed by atoms with Crippen LogP contribution >= 0.6 is 0 Å². The number of hydrogen-bond donors (Lipinski definition) is 3. The van der Waals surface area contributed by atoms with Gasteiger partial charge in [0.05, 0.1) is 6.67 Å². The molecule has 3 N–H and O–H groups in total. The number of H-pyrrole nitrogens is 1. The fourth-order valence-electron chi connectivity index (χ4n) is 1.52. The Bertz CT molecular complexity index is 525. The van der Waals surface area contributed by atoms with Crippen molar-refractivity contribution >= 4 is 17.3 Å². The Hall–Kier alpha value is -1.98. The van der Waals surface area contributed by atoms with Gasteiger partial charge >= 0.3 is 0 Å². The van der Waals surface area contributed by atoms with Crippen molar-refractivity contribution in [2.24, 2.45) is 0 Å². The van der Waals surface area contributed by atoms with E-state index in [4.69, 9.17) is 0 Å². The van der Waals surface area contributed by atoms with Gasteiger partial charge in [0.15, 0.2) is 0 Å². The SMILES string of the molecule is O=c1[nH]c2nccn2c2c1NCN2. The quantitative estimate of drug-likeness (QED) is 0.521. The molecule has 0 atom stereocenters. The van der Waals surface area contributed by atoms with Crippen LogP contribution in [0.4, 0.5) is 11.5 Å². The van der Waals surface area contributed by atoms with Gasteiger partial charge in [-0.1, -0.05) is 0 Å². The van der Waals surface area contributed by atoms with E-state index in [0.717, 1.165) is 5.82 Å². The van der Waals surface area contributed by atoms with Crippen molar-refractivity contribution in [1.29, 1.82) is 0 Å². The molecule has 1 aliphatic rings. The van der Waals surface area contributed by atoms with E-state index in [1.165, 1.54) is 0 Å². The molecule has 0 spiro atoms. The number of imidazole rings is 1. The zero-order chi connectivity index (χ0) is 8.84. The summed E-state index contributed by atoms with van der Waals surface area (Å²) in [4.78, 5) is 18.1. The molecular weight excluding hydrogens is 170 g/mol. The van der Waals surface area contributed by atoms with E-state index >= 15 is 0 Å². The van der Waals surface area contributed by atoms with Gasteiger partial charge in [-0.05, 0) is 0 Å². The molecular formula is C7H7N5O. The van der Waals surface area contributed by atoms with Crippen LogP contribution in [0.25, 0.3) is 5.78 Å². The third-order valence-corrected chi connectivity index (χ3v) is 2.09. The van der Waals surface area contributed by atoms with Crippen molar-refractivity contribution in [3.05, 3.63) is 22.7 Å². The summed E-state index contributed by atoms with van der Waals surface area (Å²) in [6.45, 7) is 0.579. The van der Waals surface area contributed by atoms with Crippen LogP contribution in [-0.4, -0.2) is 21.0 Å². The Morgan fingerprint density at radius 1 is 1.46 bits per heavy atom. The Labute approximate surface area is 72.6 Å². The Kier molecular flexibility index (Phi) is 1.02. The number of hydrogen-bond acceptors (Lipinski definition) is 4. The highest BCUT2D eigenvalue weighted by atomic mass is 16.1. The van der Waals surface area contributed by atoms with Gasteiger partial charge in [-0.15, -0.1) is 0 Å². The molecule has 0 radical (unpaired) electrons. The molecule has 6 nitrogen and oxygen atoms in total. The van der Waals surface area contributed by atoms with E-state index in [2.05, 4.69) is 20.6 Å². The summed E-state index contributed by atoms with van der Waals surface area (Å²) in [7, 11) is 0. The number of nitrogens with one attached hydrogen (secondary N) is 3. The molecule has 0 unspecified atom stereocenters. The van der Waals surface area contributed by atoms with Crippen molar-refractivity contribution in [2.75, 3.05) is 17.3 Å². The molecule has 0 bridgehead atoms. The third kappa shape index (κ3) is 0.715. The monoisotopic (exact) mass is 177 g/mol. The van der Waals surface area contributed by atoms with Crippen molar-refractivity contribution < 1.29 is 0 Å². The molecule has 2 aromatic heterocycles. The summed E-state index contributed by atoms with van der Waals surface area (Å²) in [6, 6.07) is 0. The van der Waals surface area contributed by atoms with Gasteiger partial charge in [0.2, 0.25) is 5.78 Å². The predicted molar refractivity (Wildman–Crippen MR) is 47.9 cm³/mol. The maximum absolute atomic E-state index is 11.4. The second-order valence-electron chi connectivity index (χ2n) is 2.83. The molecule has 0 saturated heterocycles. The minimum absolute atomic E-state index is 0.140. The summed E-state index contributed by atoms with van der Waals surface area (Å²) in [5, 5.41) is 6.01. The fourth-order valence-corrected chi connectivity index (χ4v) is 1.52. The van der Waals surface area contributed by atoms with E-state index < -0.39 is 0 Å². The molecule has 0 aromatic carbocycles. The Morgan fingerprint density at radius 2 is 2.38 bits per heavy atom. The summed E-state index contributed by atoms with van der Waals surface area (Å²) >= 11 is 0. The summed E-state index contributed by atoms with van der Waals surface area (Å²) < 4.78 is 1.80. The largest absolute Gasteiger partial charge is 0.360 e. The van der Waals surface area contributed by atoms with Gasteiger partial charge in [0.1, 0.15) is 11.5 Å². The third-order valence-electron chi connectivity index (χ3n) is 2.09. The molecule has 13 heavy (non-hydrogen) atoms. The van der Waals surface area contributed by atoms with Crippen LogP contribution < -0.4 is 16.2 Å². The molecule has 2 aromatic rings. The van der Waals surface area contributed by atoms with Crippen molar-refractivity contribution in [3.8, 4) is 0 Å². The zero-order valence-electron chi connectivity index (χ0n) is 6.66. The second-order valence-corrected chi connectivity index (χ2v) is 2.83. The van der Waals surface area contributed by atoms with Gasteiger partial charge in [-0.2, -0.15) is 0 Å². The standard InChI is InChI=1S/C7H7N5O/c13-6-4-5(10-3-9-4)12-2-1-8-7(12)11-6/h1-2,9-10H,3H2,(H,8,11,13). The van der Waals surface area contributed by atoms with Crippen molar-refractivity contribution in [3.63, 3.8) is 0 Å². The first-order chi connectivity index (χ1) is 6.36. The van der Waals surface area contributed by atoms with Crippen LogP contribution in [0.3, 0.4) is 0 Å². The maximum Gasteiger partial charge on any atom is 0.277 e. The molecule has 0 amide bonds. The van der Waals surface area contributed by atoms with E-state index in [0.29, 0.717) is 18.1 Å². The number of fused-ring (bicyclic) bond motifs is 3. The van der Waals surface area contributed by atoms with Crippen LogP contribution in [0, 0.1) is 0 Å². The zero-order valence-corrected chi connectivity index (χ0v) is 6.66. The van der Waals surface area contributed by atoms with E-state index in [9.17, 15) is 4.79 Å². The van der Waals surface area contributed by atoms with Gasteiger partial charge < -0.3 is 10.6 Å². The molecule has 0 saturated carbocycles. The second kappa shape index (κ2) is 2.03. The van der Waals surface area contributed by atoms with Crippen LogP contribution in [0.1, 0.15) is 0 Å². The molecule has 3 heterocycles. The van der Waals surface area contributed by atoms with Crippen LogP contribution in [0.5, 0.6) is 0 Å². The smallest absolute Gasteiger partial charge is 0.277 e. The molecule has 66 valence electrons. The number of nitrogens with zero attached hydrogens (tertiary/aromatic N) is 2. The molecule has 1 aliphatic heterocycles. The summed E-state index contributed by atoms with van der Waals surface area (Å²) in [5.74, 6) is 1.33. The average molecular weight is 177 g/mol. The van der Waals surface area contributed by atoms with Gasteiger partial charge in [-0.25, -0.2) is 4.98 Å².